The van der Waals surface area contributed by atoms with Crippen LogP contribution in [0.3, 0.4) is 0 Å². The third-order valence-electron chi connectivity index (χ3n) is 9.04. The van der Waals surface area contributed by atoms with Crippen molar-refractivity contribution >= 4 is 70.1 Å². The van der Waals surface area contributed by atoms with Gasteiger partial charge in [0.15, 0.2) is 0 Å². The highest BCUT2D eigenvalue weighted by Gasteiger charge is 2.15. The van der Waals surface area contributed by atoms with Gasteiger partial charge in [-0.3, -0.25) is 0 Å². The number of nitrogens with zero attached hydrogens (tertiary/aromatic N) is 1. The lowest BCUT2D eigenvalue weighted by Gasteiger charge is -2.26. The predicted octanol–water partition coefficient (Wildman–Crippen LogP) is 13.2. The van der Waals surface area contributed by atoms with Gasteiger partial charge in [0.05, 0.1) is 0 Å². The van der Waals surface area contributed by atoms with Gasteiger partial charge in [0, 0.05) is 37.2 Å². The van der Waals surface area contributed by atoms with Crippen LogP contribution in [0, 0.1) is 0 Å². The lowest BCUT2D eigenvalue weighted by Crippen LogP contribution is -2.09. The van der Waals surface area contributed by atoms with E-state index in [1.807, 2.05) is 11.3 Å². The average molecular weight is 604 g/mol. The first kappa shape index (κ1) is 26.7. The Morgan fingerprint density at radius 2 is 0.891 bits per heavy atom. The summed E-state index contributed by atoms with van der Waals surface area (Å²) in [5, 5.41) is 7.77. The SMILES string of the molecule is c1ccc(N(c2ccc(-c3cccc4ccccc34)cc2)c2ccc(-c3cccc4sc5cc6ccccc6cc5c34)cc2)cc1. The minimum absolute atomic E-state index is 1.13. The Hall–Kier alpha value is -5.70. The molecule has 0 aliphatic carbocycles. The first-order valence-corrected chi connectivity index (χ1v) is 16.5. The summed E-state index contributed by atoms with van der Waals surface area (Å²) < 4.78 is 2.66. The number of thiophene rings is 1. The Labute approximate surface area is 272 Å². The number of para-hydroxylation sites is 1. The van der Waals surface area contributed by atoms with Crippen LogP contribution in [-0.4, -0.2) is 0 Å². The van der Waals surface area contributed by atoms with E-state index in [9.17, 15) is 0 Å². The summed E-state index contributed by atoms with van der Waals surface area (Å²) in [4.78, 5) is 2.34. The maximum atomic E-state index is 2.36. The van der Waals surface area contributed by atoms with Crippen LogP contribution in [0.25, 0.3) is 64.0 Å². The molecule has 9 aromatic rings. The fraction of sp³-hybridized carbons (Fsp3) is 0. The Bertz CT molecular complexity index is 2500. The topological polar surface area (TPSA) is 3.24 Å². The molecular weight excluding hydrogens is 575 g/mol. The van der Waals surface area contributed by atoms with Gasteiger partial charge in [-0.1, -0.05) is 121 Å². The monoisotopic (exact) mass is 603 g/mol. The minimum Gasteiger partial charge on any atom is -0.311 e. The minimum atomic E-state index is 1.13. The van der Waals surface area contributed by atoms with E-state index in [2.05, 4.69) is 181 Å². The molecule has 0 amide bonds. The molecular formula is C44H29NS. The molecule has 0 saturated carbocycles. The van der Waals surface area contributed by atoms with E-state index in [4.69, 9.17) is 0 Å². The molecule has 0 spiro atoms. The Morgan fingerprint density at radius 1 is 0.348 bits per heavy atom. The zero-order chi connectivity index (χ0) is 30.5. The number of benzene rings is 8. The standard InChI is InChI=1S/C44H29NS/c1-2-14-35(15-3-1)45(36-24-20-31(21-25-36)39-17-8-13-30-10-6-7-16-38(30)39)37-26-22-32(23-27-37)40-18-9-19-42-44(40)41-28-33-11-4-5-12-34(33)29-43(41)46-42/h1-29H. The summed E-state index contributed by atoms with van der Waals surface area (Å²) in [5.74, 6) is 0. The van der Waals surface area contributed by atoms with Gasteiger partial charge in [-0.2, -0.15) is 0 Å². The summed E-state index contributed by atoms with van der Waals surface area (Å²) >= 11 is 1.88. The van der Waals surface area contributed by atoms with E-state index in [0.29, 0.717) is 0 Å². The second-order valence-corrected chi connectivity index (χ2v) is 12.9. The summed E-state index contributed by atoms with van der Waals surface area (Å²) in [6, 6.07) is 63.8. The van der Waals surface area contributed by atoms with Crippen LogP contribution in [0.4, 0.5) is 17.1 Å². The highest BCUT2D eigenvalue weighted by atomic mass is 32.1. The summed E-state index contributed by atoms with van der Waals surface area (Å²) in [6.45, 7) is 0. The van der Waals surface area contributed by atoms with Crippen LogP contribution < -0.4 is 4.90 Å². The smallest absolute Gasteiger partial charge is 0.0462 e. The second-order valence-electron chi connectivity index (χ2n) is 11.8. The van der Waals surface area contributed by atoms with Crippen molar-refractivity contribution in [3.8, 4) is 22.3 Å². The van der Waals surface area contributed by atoms with E-state index in [0.717, 1.165) is 17.1 Å². The first-order chi connectivity index (χ1) is 22.8. The van der Waals surface area contributed by atoms with Crippen molar-refractivity contribution in [3.05, 3.63) is 176 Å². The molecule has 2 heteroatoms. The van der Waals surface area contributed by atoms with Crippen LogP contribution >= 0.6 is 11.3 Å². The third-order valence-corrected chi connectivity index (χ3v) is 10.2. The van der Waals surface area contributed by atoms with Gasteiger partial charge < -0.3 is 4.90 Å². The molecule has 0 N–H and O–H groups in total. The average Bonchev–Trinajstić information content (AvgIpc) is 3.49. The van der Waals surface area contributed by atoms with Crippen molar-refractivity contribution in [2.45, 2.75) is 0 Å². The van der Waals surface area contributed by atoms with Crippen molar-refractivity contribution in [1.29, 1.82) is 0 Å². The van der Waals surface area contributed by atoms with Crippen molar-refractivity contribution < 1.29 is 0 Å². The lowest BCUT2D eigenvalue weighted by atomic mass is 9.97. The van der Waals surface area contributed by atoms with Crippen molar-refractivity contribution in [3.63, 3.8) is 0 Å². The first-order valence-electron chi connectivity index (χ1n) is 15.7. The molecule has 8 aromatic carbocycles. The largest absolute Gasteiger partial charge is 0.311 e. The number of anilines is 3. The molecule has 0 fully saturated rings. The molecule has 1 aromatic heterocycles. The predicted molar refractivity (Wildman–Crippen MR) is 200 cm³/mol. The van der Waals surface area contributed by atoms with Crippen LogP contribution in [0.5, 0.6) is 0 Å². The Morgan fingerprint density at radius 3 is 1.63 bits per heavy atom. The molecule has 0 bridgehead atoms. The quantitative estimate of drug-likeness (QED) is 0.189. The van der Waals surface area contributed by atoms with Gasteiger partial charge in [0.25, 0.3) is 0 Å². The zero-order valence-electron chi connectivity index (χ0n) is 25.1. The van der Waals surface area contributed by atoms with Gasteiger partial charge in [0.1, 0.15) is 0 Å². The fourth-order valence-electron chi connectivity index (χ4n) is 6.83. The van der Waals surface area contributed by atoms with E-state index in [1.54, 1.807) is 0 Å². The van der Waals surface area contributed by atoms with E-state index >= 15 is 0 Å². The van der Waals surface area contributed by atoms with Gasteiger partial charge in [-0.15, -0.1) is 11.3 Å². The van der Waals surface area contributed by atoms with Crippen molar-refractivity contribution in [1.82, 2.24) is 0 Å². The molecule has 0 aliphatic rings. The molecule has 1 nitrogen and oxygen atoms in total. The molecule has 0 radical (unpaired) electrons. The molecule has 0 atom stereocenters. The number of fused-ring (bicyclic) bond motifs is 5. The highest BCUT2D eigenvalue weighted by molar-refractivity contribution is 7.26. The second kappa shape index (κ2) is 11.0. The van der Waals surface area contributed by atoms with Crippen LogP contribution in [-0.2, 0) is 0 Å². The van der Waals surface area contributed by atoms with Gasteiger partial charge in [-0.05, 0) is 98.4 Å². The van der Waals surface area contributed by atoms with Crippen LogP contribution in [0.2, 0.25) is 0 Å². The molecule has 216 valence electrons. The summed E-state index contributed by atoms with van der Waals surface area (Å²) in [5.41, 5.74) is 8.35. The van der Waals surface area contributed by atoms with Gasteiger partial charge in [0.2, 0.25) is 0 Å². The lowest BCUT2D eigenvalue weighted by molar-refractivity contribution is 1.28. The Kier molecular flexibility index (Phi) is 6.40. The maximum absolute atomic E-state index is 2.36. The number of hydrogen-bond donors (Lipinski definition) is 0. The molecule has 0 saturated heterocycles. The number of hydrogen-bond acceptors (Lipinski definition) is 2. The van der Waals surface area contributed by atoms with Crippen LogP contribution in [0.15, 0.2) is 176 Å². The van der Waals surface area contributed by atoms with E-state index in [-0.39, 0.29) is 0 Å². The fourth-order valence-corrected chi connectivity index (χ4v) is 8.00. The molecule has 0 unspecified atom stereocenters. The molecule has 46 heavy (non-hydrogen) atoms. The Balaban J connectivity index is 1.12. The van der Waals surface area contributed by atoms with Gasteiger partial charge >= 0.3 is 0 Å². The third kappa shape index (κ3) is 4.54. The number of rotatable bonds is 5. The van der Waals surface area contributed by atoms with Gasteiger partial charge in [-0.25, -0.2) is 0 Å². The van der Waals surface area contributed by atoms with Crippen molar-refractivity contribution in [2.75, 3.05) is 4.90 Å². The van der Waals surface area contributed by atoms with Crippen molar-refractivity contribution in [2.24, 2.45) is 0 Å². The normalized spacial score (nSPS) is 11.5. The van der Waals surface area contributed by atoms with E-state index in [1.165, 1.54) is 64.0 Å². The maximum Gasteiger partial charge on any atom is 0.0462 e. The summed E-state index contributed by atoms with van der Waals surface area (Å²) in [7, 11) is 0. The molecule has 0 aliphatic heterocycles. The van der Waals surface area contributed by atoms with Crippen LogP contribution in [0.1, 0.15) is 0 Å². The highest BCUT2D eigenvalue weighted by Crippen LogP contribution is 2.43. The van der Waals surface area contributed by atoms with E-state index < -0.39 is 0 Å². The molecule has 1 heterocycles. The zero-order valence-corrected chi connectivity index (χ0v) is 25.9. The molecule has 9 rings (SSSR count). The summed E-state index contributed by atoms with van der Waals surface area (Å²) in [6.07, 6.45) is 0.